The van der Waals surface area contributed by atoms with E-state index in [-0.39, 0.29) is 41.4 Å². The Kier molecular flexibility index (Phi) is 4.69. The van der Waals surface area contributed by atoms with Gasteiger partial charge in [0.05, 0.1) is 5.41 Å². The Bertz CT molecular complexity index is 486. The number of rotatable bonds is 3. The summed E-state index contributed by atoms with van der Waals surface area (Å²) in [6, 6.07) is 0. The third-order valence-corrected chi connectivity index (χ3v) is 4.77. The number of ether oxygens (including phenoxy) is 2. The SMILES string of the molecule is C/C=C(\CC(C)(C)C)C(=O)OC1COC(=O)C2(C)CCC1C2. The fraction of sp³-hybridized carbons (Fsp3) is 0.778. The summed E-state index contributed by atoms with van der Waals surface area (Å²) < 4.78 is 11.0. The summed E-state index contributed by atoms with van der Waals surface area (Å²) >= 11 is 0. The van der Waals surface area contributed by atoms with Gasteiger partial charge in [-0.05, 0) is 44.9 Å². The predicted octanol–water partition coefficient (Wildman–Crippen LogP) is 3.64. The molecule has 4 nitrogen and oxygen atoms in total. The van der Waals surface area contributed by atoms with Gasteiger partial charge in [-0.2, -0.15) is 0 Å². The van der Waals surface area contributed by atoms with Crippen molar-refractivity contribution in [1.29, 1.82) is 0 Å². The van der Waals surface area contributed by atoms with Crippen molar-refractivity contribution in [2.45, 2.75) is 66.4 Å². The monoisotopic (exact) mass is 308 g/mol. The van der Waals surface area contributed by atoms with E-state index in [1.165, 1.54) is 0 Å². The van der Waals surface area contributed by atoms with Crippen LogP contribution >= 0.6 is 0 Å². The largest absolute Gasteiger partial charge is 0.461 e. The molecule has 0 radical (unpaired) electrons. The van der Waals surface area contributed by atoms with Crippen LogP contribution in [0.4, 0.5) is 0 Å². The number of carbonyl (C=O) groups is 2. The molecule has 4 heteroatoms. The van der Waals surface area contributed by atoms with E-state index in [9.17, 15) is 9.59 Å². The van der Waals surface area contributed by atoms with Crippen LogP contribution in [0.25, 0.3) is 0 Å². The molecule has 0 aromatic carbocycles. The van der Waals surface area contributed by atoms with Crippen molar-refractivity contribution in [2.75, 3.05) is 6.61 Å². The normalized spacial score (nSPS) is 32.4. The van der Waals surface area contributed by atoms with Crippen LogP contribution < -0.4 is 0 Å². The van der Waals surface area contributed by atoms with E-state index in [0.717, 1.165) is 19.3 Å². The van der Waals surface area contributed by atoms with Crippen molar-refractivity contribution in [3.05, 3.63) is 11.6 Å². The molecule has 22 heavy (non-hydrogen) atoms. The fourth-order valence-corrected chi connectivity index (χ4v) is 3.46. The summed E-state index contributed by atoms with van der Waals surface area (Å²) in [7, 11) is 0. The van der Waals surface area contributed by atoms with E-state index in [4.69, 9.17) is 9.47 Å². The molecule has 1 saturated carbocycles. The second kappa shape index (κ2) is 6.05. The molecule has 2 aliphatic rings. The lowest BCUT2D eigenvalue weighted by Crippen LogP contribution is -2.31. The van der Waals surface area contributed by atoms with E-state index in [0.29, 0.717) is 12.0 Å². The summed E-state index contributed by atoms with van der Waals surface area (Å²) in [5.41, 5.74) is 0.340. The number of cyclic esters (lactones) is 1. The maximum absolute atomic E-state index is 12.4. The summed E-state index contributed by atoms with van der Waals surface area (Å²) in [5.74, 6) is -0.184. The molecule has 1 heterocycles. The first-order chi connectivity index (χ1) is 10.1. The van der Waals surface area contributed by atoms with Crippen molar-refractivity contribution < 1.29 is 19.1 Å². The Morgan fingerprint density at radius 3 is 2.73 bits per heavy atom. The van der Waals surface area contributed by atoms with Crippen LogP contribution in [0.2, 0.25) is 0 Å². The van der Waals surface area contributed by atoms with Crippen LogP contribution in [0.15, 0.2) is 11.6 Å². The lowest BCUT2D eigenvalue weighted by molar-refractivity contribution is -0.162. The van der Waals surface area contributed by atoms with E-state index in [1.54, 1.807) is 0 Å². The number of hydrogen-bond donors (Lipinski definition) is 0. The summed E-state index contributed by atoms with van der Waals surface area (Å²) in [6.07, 6.45) is 4.70. The molecule has 0 spiro atoms. The number of fused-ring (bicyclic) bond motifs is 2. The van der Waals surface area contributed by atoms with Crippen molar-refractivity contribution in [2.24, 2.45) is 16.7 Å². The summed E-state index contributed by atoms with van der Waals surface area (Å²) in [6.45, 7) is 10.3. The summed E-state index contributed by atoms with van der Waals surface area (Å²) in [5, 5.41) is 0. The van der Waals surface area contributed by atoms with Crippen LogP contribution in [-0.4, -0.2) is 24.6 Å². The minimum Gasteiger partial charge on any atom is -0.461 e. The highest BCUT2D eigenvalue weighted by Gasteiger charge is 2.49. The van der Waals surface area contributed by atoms with Gasteiger partial charge in [-0.15, -0.1) is 0 Å². The van der Waals surface area contributed by atoms with E-state index >= 15 is 0 Å². The summed E-state index contributed by atoms with van der Waals surface area (Å²) in [4.78, 5) is 24.5. The smallest absolute Gasteiger partial charge is 0.334 e. The zero-order chi connectivity index (χ0) is 16.5. The van der Waals surface area contributed by atoms with Crippen LogP contribution in [-0.2, 0) is 19.1 Å². The quantitative estimate of drug-likeness (QED) is 0.590. The molecular weight excluding hydrogens is 280 g/mol. The predicted molar refractivity (Wildman–Crippen MR) is 84.1 cm³/mol. The molecule has 0 aromatic rings. The molecular formula is C18H28O4. The molecule has 3 atom stereocenters. The Morgan fingerprint density at radius 1 is 1.45 bits per heavy atom. The van der Waals surface area contributed by atoms with Gasteiger partial charge >= 0.3 is 11.9 Å². The second-order valence-electron chi connectivity index (χ2n) is 8.16. The molecule has 1 saturated heterocycles. The molecule has 1 aliphatic heterocycles. The number of esters is 2. The molecule has 2 rings (SSSR count). The third kappa shape index (κ3) is 3.71. The Balaban J connectivity index is 2.04. The zero-order valence-corrected chi connectivity index (χ0v) is 14.4. The Labute approximate surface area is 133 Å². The average Bonchev–Trinajstić information content (AvgIpc) is 2.78. The van der Waals surface area contributed by atoms with Gasteiger partial charge < -0.3 is 9.47 Å². The maximum atomic E-state index is 12.4. The molecule has 1 aliphatic carbocycles. The molecule has 2 fully saturated rings. The Morgan fingerprint density at radius 2 is 2.14 bits per heavy atom. The zero-order valence-electron chi connectivity index (χ0n) is 14.4. The van der Waals surface area contributed by atoms with Crippen molar-refractivity contribution >= 4 is 11.9 Å². The first kappa shape index (κ1) is 17.0. The van der Waals surface area contributed by atoms with Crippen LogP contribution in [0, 0.1) is 16.7 Å². The van der Waals surface area contributed by atoms with Gasteiger partial charge in [0.2, 0.25) is 0 Å². The second-order valence-corrected chi connectivity index (χ2v) is 8.16. The van der Waals surface area contributed by atoms with Gasteiger partial charge in [0.15, 0.2) is 0 Å². The third-order valence-electron chi connectivity index (χ3n) is 4.77. The minimum absolute atomic E-state index is 0.0305. The fourth-order valence-electron chi connectivity index (χ4n) is 3.46. The van der Waals surface area contributed by atoms with Crippen LogP contribution in [0.5, 0.6) is 0 Å². The van der Waals surface area contributed by atoms with E-state index in [2.05, 4.69) is 20.8 Å². The number of carbonyl (C=O) groups excluding carboxylic acids is 2. The average molecular weight is 308 g/mol. The number of hydrogen-bond acceptors (Lipinski definition) is 4. The van der Waals surface area contributed by atoms with E-state index in [1.807, 2.05) is 19.9 Å². The van der Waals surface area contributed by atoms with Gasteiger partial charge in [-0.3, -0.25) is 4.79 Å². The van der Waals surface area contributed by atoms with Gasteiger partial charge in [0, 0.05) is 11.5 Å². The number of allylic oxidation sites excluding steroid dienone is 1. The van der Waals surface area contributed by atoms with Gasteiger partial charge in [0.25, 0.3) is 0 Å². The van der Waals surface area contributed by atoms with Crippen LogP contribution in [0.1, 0.15) is 60.3 Å². The highest BCUT2D eigenvalue weighted by atomic mass is 16.6. The highest BCUT2D eigenvalue weighted by Crippen LogP contribution is 2.46. The molecule has 2 bridgehead atoms. The standard InChI is InChI=1S/C18H28O4/c1-6-12(9-17(2,3)4)15(19)22-14-11-21-16(20)18(5)8-7-13(14)10-18/h6,13-14H,7-11H2,1-5H3/b12-6+. The van der Waals surface area contributed by atoms with Gasteiger partial charge in [0.1, 0.15) is 12.7 Å². The van der Waals surface area contributed by atoms with E-state index < -0.39 is 0 Å². The van der Waals surface area contributed by atoms with Crippen LogP contribution in [0.3, 0.4) is 0 Å². The van der Waals surface area contributed by atoms with Crippen molar-refractivity contribution in [1.82, 2.24) is 0 Å². The minimum atomic E-state index is -0.388. The molecule has 3 unspecified atom stereocenters. The molecule has 0 amide bonds. The van der Waals surface area contributed by atoms with Gasteiger partial charge in [-0.1, -0.05) is 26.8 Å². The highest BCUT2D eigenvalue weighted by molar-refractivity contribution is 5.88. The Hall–Kier alpha value is -1.32. The van der Waals surface area contributed by atoms with Crippen molar-refractivity contribution in [3.8, 4) is 0 Å². The maximum Gasteiger partial charge on any atom is 0.334 e. The van der Waals surface area contributed by atoms with Crippen molar-refractivity contribution in [3.63, 3.8) is 0 Å². The molecule has 0 aromatic heterocycles. The topological polar surface area (TPSA) is 52.6 Å². The molecule has 0 N–H and O–H groups in total. The molecule has 124 valence electrons. The van der Waals surface area contributed by atoms with Gasteiger partial charge in [-0.25, -0.2) is 4.79 Å². The first-order valence-electron chi connectivity index (χ1n) is 8.18. The first-order valence-corrected chi connectivity index (χ1v) is 8.18. The lowest BCUT2D eigenvalue weighted by atomic mass is 9.87. The lowest BCUT2D eigenvalue weighted by Gasteiger charge is -2.25.